The lowest BCUT2D eigenvalue weighted by atomic mass is 10.4. The number of rotatable bonds is 0. The highest BCUT2D eigenvalue weighted by Gasteiger charge is 2.76. The van der Waals surface area contributed by atoms with E-state index in [4.69, 9.17) is 0 Å². The van der Waals surface area contributed by atoms with Gasteiger partial charge in [0.1, 0.15) is 0 Å². The number of hydrogen-bond donors (Lipinski definition) is 0. The lowest BCUT2D eigenvalue weighted by Crippen LogP contribution is -1.98. The molecule has 0 atom stereocenters. The molecule has 1 aliphatic carbocycles. The zero-order valence-electron chi connectivity index (χ0n) is 4.69. The monoisotopic (exact) mass is 174 g/mol. The Labute approximate surface area is 66.9 Å². The molecule has 9 heavy (non-hydrogen) atoms. The molecule has 0 nitrogen and oxygen atoms in total. The molecule has 48 valence electrons. The van der Waals surface area contributed by atoms with Gasteiger partial charge in [0.2, 0.25) is 0 Å². The molecule has 0 amide bonds. The van der Waals surface area contributed by atoms with Gasteiger partial charge in [0.05, 0.1) is 13.7 Å². The molecule has 4 rings (SSSR count). The van der Waals surface area contributed by atoms with Gasteiger partial charge in [-0.25, -0.2) is 0 Å². The maximum atomic E-state index is 2.26. The number of hydrogen-bond acceptors (Lipinski definition) is 3. The van der Waals surface area contributed by atoms with Gasteiger partial charge in [-0.05, 0) is 17.8 Å². The SMILES string of the molecule is S1C2SC3SC1C1C2C31. The standard InChI is InChI=1S/C6H6S3/c7-4-1-2-3(1)6(8-4)9-5(2)7/h1-6H. The summed E-state index contributed by atoms with van der Waals surface area (Å²) in [7, 11) is 0. The second kappa shape index (κ2) is 1.21. The molecule has 0 aromatic heterocycles. The van der Waals surface area contributed by atoms with Crippen molar-refractivity contribution in [3.63, 3.8) is 0 Å². The molecule has 4 fully saturated rings. The lowest BCUT2D eigenvalue weighted by molar-refractivity contribution is 0.855. The second-order valence-electron chi connectivity index (χ2n) is 3.25. The molecular formula is C6H6S3. The molecule has 0 aromatic rings. The van der Waals surface area contributed by atoms with Crippen LogP contribution in [0.4, 0.5) is 0 Å². The molecule has 0 N–H and O–H groups in total. The molecule has 0 spiro atoms. The van der Waals surface area contributed by atoms with Gasteiger partial charge >= 0.3 is 0 Å². The molecule has 3 saturated heterocycles. The fraction of sp³-hybridized carbons (Fsp3) is 1.00. The summed E-state index contributed by atoms with van der Waals surface area (Å²) in [6, 6.07) is 0. The number of thioether (sulfide) groups is 3. The highest BCUT2D eigenvalue weighted by molar-refractivity contribution is 8.34. The van der Waals surface area contributed by atoms with Crippen LogP contribution in [0.3, 0.4) is 0 Å². The maximum absolute atomic E-state index is 2.26. The summed E-state index contributed by atoms with van der Waals surface area (Å²) in [5.41, 5.74) is 0. The summed E-state index contributed by atoms with van der Waals surface area (Å²) in [5.74, 6) is 3.57. The molecule has 0 bridgehead atoms. The highest BCUT2D eigenvalue weighted by atomic mass is 32.3. The van der Waals surface area contributed by atoms with Crippen molar-refractivity contribution in [2.45, 2.75) is 13.7 Å². The Balaban J connectivity index is 1.99. The Morgan fingerprint density at radius 2 is 0.889 bits per heavy atom. The quantitative estimate of drug-likeness (QED) is 0.552. The summed E-state index contributed by atoms with van der Waals surface area (Å²) < 4.78 is 3.16. The topological polar surface area (TPSA) is 0 Å². The minimum Gasteiger partial charge on any atom is -0.133 e. The van der Waals surface area contributed by atoms with E-state index in [-0.39, 0.29) is 0 Å². The third kappa shape index (κ3) is 0.366. The van der Waals surface area contributed by atoms with Crippen LogP contribution in [-0.2, 0) is 0 Å². The van der Waals surface area contributed by atoms with E-state index in [1.807, 2.05) is 0 Å². The third-order valence-electron chi connectivity index (χ3n) is 2.94. The van der Waals surface area contributed by atoms with Gasteiger partial charge in [0, 0.05) is 0 Å². The second-order valence-corrected chi connectivity index (χ2v) is 8.00. The van der Waals surface area contributed by atoms with Gasteiger partial charge in [0.15, 0.2) is 0 Å². The van der Waals surface area contributed by atoms with E-state index in [9.17, 15) is 0 Å². The molecule has 3 heteroatoms. The Bertz CT molecular complexity index is 139. The summed E-state index contributed by atoms with van der Waals surface area (Å²) in [4.78, 5) is 0. The molecule has 4 aliphatic rings. The minimum absolute atomic E-state index is 1.05. The fourth-order valence-corrected chi connectivity index (χ4v) is 10.1. The van der Waals surface area contributed by atoms with Crippen molar-refractivity contribution in [2.24, 2.45) is 17.8 Å². The first-order valence-corrected chi connectivity index (χ1v) is 6.24. The maximum Gasteiger partial charge on any atom is 0.0560 e. The molecule has 0 radical (unpaired) electrons. The molecule has 0 aromatic carbocycles. The van der Waals surface area contributed by atoms with Crippen LogP contribution in [0.25, 0.3) is 0 Å². The summed E-state index contributed by atoms with van der Waals surface area (Å²) in [6.07, 6.45) is 0. The van der Waals surface area contributed by atoms with Gasteiger partial charge in [-0.2, -0.15) is 0 Å². The van der Waals surface area contributed by atoms with E-state index in [0.29, 0.717) is 0 Å². The molecular weight excluding hydrogens is 168 g/mol. The van der Waals surface area contributed by atoms with E-state index < -0.39 is 0 Å². The first-order valence-electron chi connectivity index (χ1n) is 3.41. The van der Waals surface area contributed by atoms with Crippen molar-refractivity contribution in [1.29, 1.82) is 0 Å². The van der Waals surface area contributed by atoms with E-state index in [2.05, 4.69) is 35.3 Å². The van der Waals surface area contributed by atoms with Crippen LogP contribution in [0.1, 0.15) is 0 Å². The lowest BCUT2D eigenvalue weighted by Gasteiger charge is -2.16. The highest BCUT2D eigenvalue weighted by Crippen LogP contribution is 2.84. The van der Waals surface area contributed by atoms with Gasteiger partial charge in [-0.15, -0.1) is 35.3 Å². The van der Waals surface area contributed by atoms with Crippen LogP contribution in [0.5, 0.6) is 0 Å². The van der Waals surface area contributed by atoms with Crippen LogP contribution >= 0.6 is 35.3 Å². The van der Waals surface area contributed by atoms with Crippen molar-refractivity contribution in [1.82, 2.24) is 0 Å². The van der Waals surface area contributed by atoms with Crippen LogP contribution < -0.4 is 0 Å². The smallest absolute Gasteiger partial charge is 0.0560 e. The van der Waals surface area contributed by atoms with Crippen molar-refractivity contribution >= 4 is 35.3 Å². The van der Waals surface area contributed by atoms with Crippen molar-refractivity contribution in [3.05, 3.63) is 0 Å². The fourth-order valence-electron chi connectivity index (χ4n) is 2.51. The van der Waals surface area contributed by atoms with E-state index >= 15 is 0 Å². The first kappa shape index (κ1) is 4.83. The molecule has 3 heterocycles. The molecule has 0 unspecified atom stereocenters. The summed E-state index contributed by atoms with van der Waals surface area (Å²) >= 11 is 6.77. The Morgan fingerprint density at radius 1 is 0.556 bits per heavy atom. The third-order valence-corrected chi connectivity index (χ3v) is 8.44. The first-order chi connectivity index (χ1) is 4.45. The summed E-state index contributed by atoms with van der Waals surface area (Å²) in [6.45, 7) is 0. The van der Waals surface area contributed by atoms with Crippen molar-refractivity contribution < 1.29 is 0 Å². The van der Waals surface area contributed by atoms with Crippen LogP contribution in [0.15, 0.2) is 0 Å². The predicted octanol–water partition coefficient (Wildman–Crippen LogP) is 2.07. The van der Waals surface area contributed by atoms with E-state index in [0.717, 1.165) is 13.7 Å². The average Bonchev–Trinajstić information content (AvgIpc) is 2.39. The van der Waals surface area contributed by atoms with Crippen LogP contribution in [0.2, 0.25) is 0 Å². The zero-order valence-corrected chi connectivity index (χ0v) is 7.14. The Hall–Kier alpha value is 1.05. The van der Waals surface area contributed by atoms with E-state index in [1.165, 1.54) is 17.8 Å². The Kier molecular flexibility index (Phi) is 0.648. The van der Waals surface area contributed by atoms with Crippen LogP contribution in [-0.4, -0.2) is 13.7 Å². The molecule has 1 saturated carbocycles. The van der Waals surface area contributed by atoms with Gasteiger partial charge in [0.25, 0.3) is 0 Å². The predicted molar refractivity (Wildman–Crippen MR) is 44.6 cm³/mol. The zero-order chi connectivity index (χ0) is 5.59. The van der Waals surface area contributed by atoms with Crippen molar-refractivity contribution in [3.8, 4) is 0 Å². The van der Waals surface area contributed by atoms with Gasteiger partial charge in [-0.3, -0.25) is 0 Å². The Morgan fingerprint density at radius 3 is 1.11 bits per heavy atom. The average molecular weight is 174 g/mol. The van der Waals surface area contributed by atoms with Crippen molar-refractivity contribution in [2.75, 3.05) is 0 Å². The van der Waals surface area contributed by atoms with Gasteiger partial charge < -0.3 is 0 Å². The van der Waals surface area contributed by atoms with Gasteiger partial charge in [-0.1, -0.05) is 0 Å². The summed E-state index contributed by atoms with van der Waals surface area (Å²) in [5, 5.41) is 0. The largest absolute Gasteiger partial charge is 0.133 e. The van der Waals surface area contributed by atoms with Crippen LogP contribution in [0, 0.1) is 17.8 Å². The normalized spacial score (nSPS) is 80.0. The molecule has 3 aliphatic heterocycles. The minimum atomic E-state index is 1.05. The van der Waals surface area contributed by atoms with E-state index in [1.54, 1.807) is 0 Å².